The van der Waals surface area contributed by atoms with E-state index in [9.17, 15) is 4.79 Å². The van der Waals surface area contributed by atoms with Crippen LogP contribution in [0.5, 0.6) is 0 Å². The van der Waals surface area contributed by atoms with Gasteiger partial charge in [0, 0.05) is 39.7 Å². The second-order valence-corrected chi connectivity index (χ2v) is 3.26. The Balaban J connectivity index is -0.000000405. The van der Waals surface area contributed by atoms with Crippen LogP contribution in [0.3, 0.4) is 0 Å². The SMILES string of the molecule is I.NCCCC[C@H](N)C(=O)I.[Mn]. The fourth-order valence-corrected chi connectivity index (χ4v) is 0.933. The summed E-state index contributed by atoms with van der Waals surface area (Å²) in [6, 6.07) is -0.285. The van der Waals surface area contributed by atoms with E-state index in [-0.39, 0.29) is 50.9 Å². The monoisotopic (exact) mass is 439 g/mol. The summed E-state index contributed by atoms with van der Waals surface area (Å²) in [4.78, 5) is 10.6. The maximum atomic E-state index is 10.6. The van der Waals surface area contributed by atoms with Gasteiger partial charge in [-0.3, -0.25) is 4.79 Å². The summed E-state index contributed by atoms with van der Waals surface area (Å²) in [6.07, 6.45) is 2.67. The molecule has 0 unspecified atom stereocenters. The van der Waals surface area contributed by atoms with E-state index >= 15 is 0 Å². The molecular weight excluding hydrogens is 425 g/mol. The van der Waals surface area contributed by atoms with Crippen LogP contribution in [0.15, 0.2) is 0 Å². The molecule has 0 saturated carbocycles. The minimum Gasteiger partial charge on any atom is -0.330 e. The first kappa shape index (κ1) is 19.2. The van der Waals surface area contributed by atoms with Gasteiger partial charge in [-0.2, -0.15) is 0 Å². The Morgan fingerprint density at radius 3 is 2.25 bits per heavy atom. The van der Waals surface area contributed by atoms with Crippen molar-refractivity contribution in [1.29, 1.82) is 0 Å². The summed E-state index contributed by atoms with van der Waals surface area (Å²) in [5, 5.41) is 0. The molecule has 3 nitrogen and oxygen atoms in total. The number of rotatable bonds is 5. The molecule has 0 aromatic heterocycles. The zero-order valence-electron chi connectivity index (χ0n) is 6.63. The number of carbonyl (C=O) groups is 1. The van der Waals surface area contributed by atoms with Crippen molar-refractivity contribution in [3.8, 4) is 0 Å². The Hall–Kier alpha value is 1.57. The second kappa shape index (κ2) is 12.6. The molecular formula is C6H14I2MnN2O. The van der Waals surface area contributed by atoms with Gasteiger partial charge in [-0.05, 0) is 19.4 Å². The van der Waals surface area contributed by atoms with Crippen LogP contribution in [0.1, 0.15) is 19.3 Å². The van der Waals surface area contributed by atoms with Crippen LogP contribution in [-0.4, -0.2) is 16.4 Å². The molecule has 0 aliphatic heterocycles. The van der Waals surface area contributed by atoms with Crippen molar-refractivity contribution in [2.45, 2.75) is 25.3 Å². The minimum absolute atomic E-state index is 0. The topological polar surface area (TPSA) is 69.1 Å². The molecule has 0 saturated heterocycles. The molecule has 0 heterocycles. The first-order valence-corrected chi connectivity index (χ1v) is 4.41. The third kappa shape index (κ3) is 11.6. The molecule has 12 heavy (non-hydrogen) atoms. The number of halogens is 2. The first-order chi connectivity index (χ1) is 4.68. The summed E-state index contributed by atoms with van der Waals surface area (Å²) in [5.74, 6) is 0. The zero-order valence-corrected chi connectivity index (χ0v) is 12.3. The maximum absolute atomic E-state index is 10.6. The largest absolute Gasteiger partial charge is 0.330 e. The predicted octanol–water partition coefficient (Wildman–Crippen LogP) is 1.02. The van der Waals surface area contributed by atoms with Gasteiger partial charge < -0.3 is 11.5 Å². The molecule has 0 aliphatic carbocycles. The van der Waals surface area contributed by atoms with Crippen LogP contribution in [0.25, 0.3) is 0 Å². The Labute approximate surface area is 114 Å². The molecule has 0 bridgehead atoms. The number of nitrogens with two attached hydrogens (primary N) is 2. The van der Waals surface area contributed by atoms with E-state index in [1.54, 1.807) is 22.6 Å². The normalized spacial score (nSPS) is 10.9. The van der Waals surface area contributed by atoms with Gasteiger partial charge in [0.15, 0.2) is 0 Å². The summed E-state index contributed by atoms with van der Waals surface area (Å²) >= 11 is 1.73. The summed E-state index contributed by atoms with van der Waals surface area (Å²) < 4.78 is 0.0367. The third-order valence-corrected chi connectivity index (χ3v) is 2.06. The molecule has 0 aliphatic rings. The van der Waals surface area contributed by atoms with Crippen LogP contribution in [0.4, 0.5) is 0 Å². The van der Waals surface area contributed by atoms with Crippen LogP contribution >= 0.6 is 46.6 Å². The Morgan fingerprint density at radius 1 is 1.42 bits per heavy atom. The van der Waals surface area contributed by atoms with Crippen LogP contribution in [0.2, 0.25) is 0 Å². The van der Waals surface area contributed by atoms with E-state index in [2.05, 4.69) is 0 Å². The molecule has 4 N–H and O–H groups in total. The number of hydrogen-bond acceptors (Lipinski definition) is 3. The standard InChI is InChI=1S/C6H13IN2O.HI.Mn/c7-6(10)5(9)3-1-2-4-8;;/h5H,1-4,8-9H2;1H;/t5-;;/m0../s1. The number of unbranched alkanes of at least 4 members (excludes halogenated alkanes) is 1. The Bertz CT molecular complexity index is 116. The van der Waals surface area contributed by atoms with Gasteiger partial charge >= 0.3 is 0 Å². The zero-order chi connectivity index (χ0) is 7.98. The fourth-order valence-electron chi connectivity index (χ4n) is 0.622. The predicted molar refractivity (Wildman–Crippen MR) is 65.3 cm³/mol. The summed E-state index contributed by atoms with van der Waals surface area (Å²) in [6.45, 7) is 0.683. The van der Waals surface area contributed by atoms with Crippen molar-refractivity contribution in [3.05, 3.63) is 0 Å². The number of hydrogen-bond donors (Lipinski definition) is 2. The van der Waals surface area contributed by atoms with Gasteiger partial charge in [0.2, 0.25) is 3.79 Å². The quantitative estimate of drug-likeness (QED) is 0.291. The summed E-state index contributed by atoms with van der Waals surface area (Å²) in [5.41, 5.74) is 10.7. The average molecular weight is 439 g/mol. The van der Waals surface area contributed by atoms with Crippen LogP contribution in [0, 0.1) is 0 Å². The molecule has 1 atom stereocenters. The van der Waals surface area contributed by atoms with Gasteiger partial charge in [0.25, 0.3) is 0 Å². The van der Waals surface area contributed by atoms with E-state index in [4.69, 9.17) is 11.5 Å². The molecule has 0 spiro atoms. The average Bonchev–Trinajstić information content (AvgIpc) is 1.88. The maximum Gasteiger partial charge on any atom is 0.208 e. The second-order valence-electron chi connectivity index (χ2n) is 2.20. The van der Waals surface area contributed by atoms with E-state index in [1.807, 2.05) is 0 Å². The third-order valence-electron chi connectivity index (χ3n) is 1.26. The van der Waals surface area contributed by atoms with Crippen molar-refractivity contribution in [3.63, 3.8) is 0 Å². The van der Waals surface area contributed by atoms with Crippen molar-refractivity contribution >= 4 is 50.4 Å². The Kier molecular flexibility index (Phi) is 20.1. The van der Waals surface area contributed by atoms with Crippen molar-refractivity contribution in [2.75, 3.05) is 6.54 Å². The van der Waals surface area contributed by atoms with Gasteiger partial charge in [-0.1, -0.05) is 6.42 Å². The van der Waals surface area contributed by atoms with E-state index < -0.39 is 0 Å². The molecule has 6 heteroatoms. The van der Waals surface area contributed by atoms with Crippen LogP contribution < -0.4 is 11.5 Å². The van der Waals surface area contributed by atoms with Crippen molar-refractivity contribution in [1.82, 2.24) is 0 Å². The van der Waals surface area contributed by atoms with Gasteiger partial charge in [-0.15, -0.1) is 24.0 Å². The van der Waals surface area contributed by atoms with Crippen molar-refractivity contribution in [2.24, 2.45) is 11.5 Å². The molecule has 75 valence electrons. The van der Waals surface area contributed by atoms with Gasteiger partial charge in [0.1, 0.15) is 0 Å². The number of carbonyl (C=O) groups excluding carboxylic acids is 1. The van der Waals surface area contributed by atoms with E-state index in [0.717, 1.165) is 19.3 Å². The molecule has 0 aromatic carbocycles. The van der Waals surface area contributed by atoms with Gasteiger partial charge in [0.05, 0.1) is 6.04 Å². The minimum atomic E-state index is -0.285. The molecule has 0 amide bonds. The van der Waals surface area contributed by atoms with E-state index in [1.165, 1.54) is 0 Å². The first-order valence-electron chi connectivity index (χ1n) is 3.33. The summed E-state index contributed by atoms with van der Waals surface area (Å²) in [7, 11) is 0. The van der Waals surface area contributed by atoms with E-state index in [0.29, 0.717) is 6.54 Å². The molecule has 1 radical (unpaired) electrons. The Morgan fingerprint density at radius 2 is 1.92 bits per heavy atom. The fraction of sp³-hybridized carbons (Fsp3) is 0.833. The molecule has 0 fully saturated rings. The smallest absolute Gasteiger partial charge is 0.208 e. The van der Waals surface area contributed by atoms with Gasteiger partial charge in [-0.25, -0.2) is 0 Å². The molecule has 0 rings (SSSR count). The molecule has 0 aromatic rings. The van der Waals surface area contributed by atoms with Crippen LogP contribution in [-0.2, 0) is 21.9 Å². The van der Waals surface area contributed by atoms with Crippen molar-refractivity contribution < 1.29 is 21.9 Å².